The maximum Gasteiger partial charge on any atom is 0.122 e. The van der Waals surface area contributed by atoms with E-state index < -0.39 is 0 Å². The molecule has 2 aromatic rings. The van der Waals surface area contributed by atoms with Crippen molar-refractivity contribution >= 4 is 0 Å². The predicted molar refractivity (Wildman–Crippen MR) is 130 cm³/mol. The Morgan fingerprint density at radius 2 is 1.77 bits per heavy atom. The second-order valence-corrected chi connectivity index (χ2v) is 9.19. The molecule has 1 aromatic carbocycles. The zero-order chi connectivity index (χ0) is 21.9. The van der Waals surface area contributed by atoms with E-state index in [1.807, 2.05) is 6.33 Å². The Bertz CT molecular complexity index is 783. The Morgan fingerprint density at radius 1 is 0.968 bits per heavy atom. The van der Waals surface area contributed by atoms with Crippen molar-refractivity contribution in [3.8, 4) is 5.75 Å². The SMILES string of the molecule is CCCCCc1ccc(OCCCCN2CCc3c(ncn3C)C2)c(CCCCC)c1. The molecule has 0 saturated carbocycles. The van der Waals surface area contributed by atoms with Crippen LogP contribution in [0.15, 0.2) is 24.5 Å². The molecule has 1 aromatic heterocycles. The van der Waals surface area contributed by atoms with Crippen LogP contribution >= 0.6 is 0 Å². The fourth-order valence-electron chi connectivity index (χ4n) is 4.59. The third kappa shape index (κ3) is 7.38. The van der Waals surface area contributed by atoms with Gasteiger partial charge in [0.15, 0.2) is 0 Å². The van der Waals surface area contributed by atoms with E-state index in [0.717, 1.165) is 51.3 Å². The molecule has 172 valence electrons. The summed E-state index contributed by atoms with van der Waals surface area (Å²) < 4.78 is 8.44. The molecule has 0 fully saturated rings. The Balaban J connectivity index is 1.43. The van der Waals surface area contributed by atoms with Crippen LogP contribution in [-0.2, 0) is 32.9 Å². The smallest absolute Gasteiger partial charge is 0.122 e. The minimum Gasteiger partial charge on any atom is -0.493 e. The lowest BCUT2D eigenvalue weighted by molar-refractivity contribution is 0.230. The van der Waals surface area contributed by atoms with Crippen LogP contribution < -0.4 is 4.74 Å². The lowest BCUT2D eigenvalue weighted by Gasteiger charge is -2.26. The summed E-state index contributed by atoms with van der Waals surface area (Å²) in [5, 5.41) is 0. The Morgan fingerprint density at radius 3 is 2.58 bits per heavy atom. The first-order valence-corrected chi connectivity index (χ1v) is 12.7. The molecule has 0 amide bonds. The second-order valence-electron chi connectivity index (χ2n) is 9.19. The van der Waals surface area contributed by atoms with Gasteiger partial charge in [-0.3, -0.25) is 4.90 Å². The van der Waals surface area contributed by atoms with E-state index >= 15 is 0 Å². The number of unbranched alkanes of at least 4 members (excludes halogenated alkanes) is 5. The van der Waals surface area contributed by atoms with Crippen LogP contribution in [0.2, 0.25) is 0 Å². The van der Waals surface area contributed by atoms with Gasteiger partial charge in [0.2, 0.25) is 0 Å². The summed E-state index contributed by atoms with van der Waals surface area (Å²) in [6.45, 7) is 8.65. The molecule has 0 aliphatic carbocycles. The van der Waals surface area contributed by atoms with Crippen molar-refractivity contribution < 1.29 is 4.74 Å². The first kappa shape index (κ1) is 23.8. The Labute approximate surface area is 190 Å². The second kappa shape index (κ2) is 12.9. The molecule has 0 saturated heterocycles. The summed E-state index contributed by atoms with van der Waals surface area (Å²) in [6.07, 6.45) is 15.4. The molecule has 0 spiro atoms. The number of aromatic nitrogens is 2. The monoisotopic (exact) mass is 425 g/mol. The number of fused-ring (bicyclic) bond motifs is 1. The van der Waals surface area contributed by atoms with E-state index in [0.29, 0.717) is 0 Å². The van der Waals surface area contributed by atoms with E-state index in [9.17, 15) is 0 Å². The molecule has 0 bridgehead atoms. The summed E-state index contributed by atoms with van der Waals surface area (Å²) in [4.78, 5) is 7.10. The summed E-state index contributed by atoms with van der Waals surface area (Å²) in [5.74, 6) is 1.12. The van der Waals surface area contributed by atoms with Crippen molar-refractivity contribution in [1.29, 1.82) is 0 Å². The number of imidazole rings is 1. The highest BCUT2D eigenvalue weighted by Gasteiger charge is 2.19. The molecule has 3 rings (SSSR count). The van der Waals surface area contributed by atoms with Gasteiger partial charge in [0.05, 0.1) is 18.6 Å². The van der Waals surface area contributed by atoms with Crippen molar-refractivity contribution in [1.82, 2.24) is 14.5 Å². The topological polar surface area (TPSA) is 30.3 Å². The molecule has 31 heavy (non-hydrogen) atoms. The predicted octanol–water partition coefficient (Wildman–Crippen LogP) is 6.10. The third-order valence-electron chi connectivity index (χ3n) is 6.55. The van der Waals surface area contributed by atoms with Crippen LogP contribution in [0.1, 0.15) is 87.7 Å². The lowest BCUT2D eigenvalue weighted by atomic mass is 10.00. The Kier molecular flexibility index (Phi) is 9.92. The van der Waals surface area contributed by atoms with Gasteiger partial charge in [-0.25, -0.2) is 4.98 Å². The summed E-state index contributed by atoms with van der Waals surface area (Å²) in [6, 6.07) is 6.93. The van der Waals surface area contributed by atoms with Gasteiger partial charge in [-0.15, -0.1) is 0 Å². The Hall–Kier alpha value is -1.81. The maximum atomic E-state index is 6.26. The minimum atomic E-state index is 0.818. The minimum absolute atomic E-state index is 0.818. The lowest BCUT2D eigenvalue weighted by Crippen LogP contribution is -2.32. The number of hydrogen-bond donors (Lipinski definition) is 0. The molecule has 0 atom stereocenters. The van der Waals surface area contributed by atoms with Gasteiger partial charge in [0.1, 0.15) is 5.75 Å². The maximum absolute atomic E-state index is 6.26. The molecule has 1 aliphatic rings. The van der Waals surface area contributed by atoms with Gasteiger partial charge < -0.3 is 9.30 Å². The summed E-state index contributed by atoms with van der Waals surface area (Å²) in [7, 11) is 2.10. The first-order valence-electron chi connectivity index (χ1n) is 12.7. The van der Waals surface area contributed by atoms with Gasteiger partial charge in [-0.2, -0.15) is 0 Å². The molecule has 0 radical (unpaired) electrons. The number of ether oxygens (including phenoxy) is 1. The van der Waals surface area contributed by atoms with Gasteiger partial charge in [-0.05, 0) is 62.3 Å². The van der Waals surface area contributed by atoms with Crippen molar-refractivity contribution in [2.24, 2.45) is 7.05 Å². The fraction of sp³-hybridized carbons (Fsp3) is 0.667. The molecule has 2 heterocycles. The van der Waals surface area contributed by atoms with E-state index in [2.05, 4.69) is 53.5 Å². The van der Waals surface area contributed by atoms with Crippen LogP contribution in [-0.4, -0.2) is 34.1 Å². The highest BCUT2D eigenvalue weighted by molar-refractivity contribution is 5.37. The standard InChI is InChI=1S/C27H43N3O/c1-4-6-8-12-23-14-15-27(24(20-23)13-9-7-5-2)31-19-11-10-17-30-18-16-26-25(21-30)28-22-29(26)3/h14-15,20,22H,4-13,16-19,21H2,1-3H3. The van der Waals surface area contributed by atoms with E-state index in [1.54, 1.807) is 0 Å². The number of hydrogen-bond acceptors (Lipinski definition) is 3. The van der Waals surface area contributed by atoms with Crippen LogP contribution in [0.25, 0.3) is 0 Å². The molecule has 4 heteroatoms. The summed E-state index contributed by atoms with van der Waals surface area (Å²) >= 11 is 0. The quantitative estimate of drug-likeness (QED) is 0.342. The van der Waals surface area contributed by atoms with Gasteiger partial charge in [-0.1, -0.05) is 51.7 Å². The molecule has 0 N–H and O–H groups in total. The zero-order valence-electron chi connectivity index (χ0n) is 20.2. The van der Waals surface area contributed by atoms with E-state index in [-0.39, 0.29) is 0 Å². The van der Waals surface area contributed by atoms with E-state index in [1.165, 1.54) is 73.9 Å². The summed E-state index contributed by atoms with van der Waals surface area (Å²) in [5.41, 5.74) is 5.57. The molecule has 0 unspecified atom stereocenters. The van der Waals surface area contributed by atoms with Gasteiger partial charge >= 0.3 is 0 Å². The fourth-order valence-corrected chi connectivity index (χ4v) is 4.59. The number of aryl methyl sites for hydroxylation is 3. The highest BCUT2D eigenvalue weighted by Crippen LogP contribution is 2.24. The van der Waals surface area contributed by atoms with Crippen LogP contribution in [0.5, 0.6) is 5.75 Å². The largest absolute Gasteiger partial charge is 0.493 e. The molecule has 4 nitrogen and oxygen atoms in total. The van der Waals surface area contributed by atoms with Crippen molar-refractivity contribution in [3.05, 3.63) is 47.0 Å². The third-order valence-corrected chi connectivity index (χ3v) is 6.55. The zero-order valence-corrected chi connectivity index (χ0v) is 20.2. The molecular formula is C27H43N3O. The van der Waals surface area contributed by atoms with Crippen LogP contribution in [0, 0.1) is 0 Å². The van der Waals surface area contributed by atoms with Crippen LogP contribution in [0.3, 0.4) is 0 Å². The molecule has 1 aliphatic heterocycles. The number of benzene rings is 1. The van der Waals surface area contributed by atoms with Crippen molar-refractivity contribution in [2.45, 2.75) is 91.0 Å². The van der Waals surface area contributed by atoms with E-state index in [4.69, 9.17) is 4.74 Å². The van der Waals surface area contributed by atoms with Crippen molar-refractivity contribution in [2.75, 3.05) is 19.7 Å². The molecular weight excluding hydrogens is 382 g/mol. The van der Waals surface area contributed by atoms with Gasteiger partial charge in [0.25, 0.3) is 0 Å². The average molecular weight is 426 g/mol. The number of nitrogens with zero attached hydrogens (tertiary/aromatic N) is 3. The van der Waals surface area contributed by atoms with Crippen molar-refractivity contribution in [3.63, 3.8) is 0 Å². The van der Waals surface area contributed by atoms with Gasteiger partial charge in [0, 0.05) is 32.3 Å². The first-order chi connectivity index (χ1) is 15.2. The average Bonchev–Trinajstić information content (AvgIpc) is 3.15. The highest BCUT2D eigenvalue weighted by atomic mass is 16.5. The normalized spacial score (nSPS) is 14.0. The van der Waals surface area contributed by atoms with Crippen LogP contribution in [0.4, 0.5) is 0 Å². The number of rotatable bonds is 14.